The first kappa shape index (κ1) is 31.3. The highest BCUT2D eigenvalue weighted by atomic mass is 16.6. The van der Waals surface area contributed by atoms with E-state index in [9.17, 15) is 24.0 Å². The lowest BCUT2D eigenvalue weighted by molar-refractivity contribution is -0.146. The first-order chi connectivity index (χ1) is 22.9. The van der Waals surface area contributed by atoms with Crippen molar-refractivity contribution in [2.45, 2.75) is 44.6 Å². The Morgan fingerprint density at radius 1 is 0.915 bits per heavy atom. The van der Waals surface area contributed by atoms with Crippen molar-refractivity contribution < 1.29 is 38.2 Å². The Hall–Kier alpha value is -5.66. The van der Waals surface area contributed by atoms with E-state index in [4.69, 9.17) is 14.2 Å². The lowest BCUT2D eigenvalue weighted by atomic mass is 10.0. The molecule has 244 valence electrons. The monoisotopic (exact) mass is 642 g/mol. The lowest BCUT2D eigenvalue weighted by Crippen LogP contribution is -2.54. The molecule has 0 bridgehead atoms. The second-order valence-electron chi connectivity index (χ2n) is 11.2. The molecule has 0 aliphatic carbocycles. The Labute approximate surface area is 269 Å². The molecule has 0 spiro atoms. The van der Waals surface area contributed by atoms with Crippen molar-refractivity contribution in [2.24, 2.45) is 4.99 Å². The fourth-order valence-electron chi connectivity index (χ4n) is 5.59. The molecule has 1 aromatic heterocycles. The van der Waals surface area contributed by atoms with Crippen LogP contribution in [-0.2, 0) is 19.1 Å². The molecule has 1 saturated heterocycles. The number of carbonyl (C=O) groups excluding carboxylic acids is 5. The van der Waals surface area contributed by atoms with Crippen LogP contribution in [0.3, 0.4) is 0 Å². The van der Waals surface area contributed by atoms with Gasteiger partial charge in [0.05, 0.1) is 29.9 Å². The molecule has 0 radical (unpaired) electrons. The van der Waals surface area contributed by atoms with Gasteiger partial charge in [-0.1, -0.05) is 6.07 Å². The zero-order chi connectivity index (χ0) is 32.8. The largest absolute Gasteiger partial charge is 0.494 e. The molecule has 2 aromatic carbocycles. The predicted molar refractivity (Wildman–Crippen MR) is 169 cm³/mol. The highest BCUT2D eigenvalue weighted by Crippen LogP contribution is 2.33. The number of piperidine rings is 1. The first-order valence-corrected chi connectivity index (χ1v) is 15.5. The SMILES string of the molecule is O=C1CCC(N2C(=O)c3cccc(OCC(=O)OCCCCCCOc4ccc(NC5=NCNc6[nH]ccc65)cc4)c3C2=O)C(=O)N1. The van der Waals surface area contributed by atoms with Gasteiger partial charge in [0.25, 0.3) is 11.8 Å². The standard InChI is InChI=1S/C33H34N6O8/c40-26-13-12-24(31(42)38-26)39-32(43)22-6-5-7-25(28(22)33(39)44)47-18-27(41)46-17-4-2-1-3-16-45-21-10-8-20(9-11-21)37-30-23-14-15-34-29(23)35-19-36-30/h5-11,14-15,24,34-35H,1-4,12-13,16-19H2,(H,36,37)(H,38,40,42). The number of ether oxygens (including phenoxy) is 3. The average molecular weight is 643 g/mol. The third kappa shape index (κ3) is 7.11. The minimum atomic E-state index is -1.09. The number of fused-ring (bicyclic) bond motifs is 2. The van der Waals surface area contributed by atoms with Crippen molar-refractivity contribution in [1.29, 1.82) is 0 Å². The number of H-pyrrole nitrogens is 1. The molecule has 3 aromatic rings. The summed E-state index contributed by atoms with van der Waals surface area (Å²) in [7, 11) is 0. The summed E-state index contributed by atoms with van der Waals surface area (Å²) in [5, 5.41) is 8.68. The van der Waals surface area contributed by atoms with Gasteiger partial charge in [-0.25, -0.2) is 9.79 Å². The van der Waals surface area contributed by atoms with Gasteiger partial charge in [-0.05, 0) is 74.6 Å². The molecule has 47 heavy (non-hydrogen) atoms. The van der Waals surface area contributed by atoms with E-state index in [1.165, 1.54) is 18.2 Å². The molecule has 3 aliphatic rings. The maximum Gasteiger partial charge on any atom is 0.344 e. The Bertz CT molecular complexity index is 1720. The van der Waals surface area contributed by atoms with Gasteiger partial charge in [0.1, 0.15) is 35.9 Å². The van der Waals surface area contributed by atoms with E-state index >= 15 is 0 Å². The number of benzene rings is 2. The number of hydrogen-bond acceptors (Lipinski definition) is 11. The van der Waals surface area contributed by atoms with E-state index in [-0.39, 0.29) is 36.3 Å². The lowest BCUT2D eigenvalue weighted by Gasteiger charge is -2.27. The van der Waals surface area contributed by atoms with Crippen LogP contribution in [0.2, 0.25) is 0 Å². The highest BCUT2D eigenvalue weighted by molar-refractivity contribution is 6.24. The summed E-state index contributed by atoms with van der Waals surface area (Å²) in [6, 6.07) is 13.1. The second kappa shape index (κ2) is 14.2. The smallest absolute Gasteiger partial charge is 0.344 e. The molecule has 1 atom stereocenters. The molecule has 6 rings (SSSR count). The van der Waals surface area contributed by atoms with Crippen molar-refractivity contribution in [1.82, 2.24) is 15.2 Å². The number of imide groups is 2. The molecule has 14 nitrogen and oxygen atoms in total. The molecule has 1 fully saturated rings. The minimum Gasteiger partial charge on any atom is -0.494 e. The fourth-order valence-corrected chi connectivity index (χ4v) is 5.59. The summed E-state index contributed by atoms with van der Waals surface area (Å²) in [5.41, 5.74) is 1.96. The van der Waals surface area contributed by atoms with Crippen LogP contribution < -0.4 is 25.4 Å². The Kier molecular flexibility index (Phi) is 9.46. The van der Waals surface area contributed by atoms with Crippen LogP contribution in [0.15, 0.2) is 59.7 Å². The molecule has 3 aliphatic heterocycles. The number of amidine groups is 1. The Morgan fingerprint density at radius 3 is 2.53 bits per heavy atom. The number of rotatable bonds is 13. The molecular formula is C33H34N6O8. The summed E-state index contributed by atoms with van der Waals surface area (Å²) in [6.45, 7) is 0.843. The van der Waals surface area contributed by atoms with Gasteiger partial charge < -0.3 is 29.8 Å². The van der Waals surface area contributed by atoms with Crippen LogP contribution >= 0.6 is 0 Å². The van der Waals surface area contributed by atoms with Gasteiger partial charge in [-0.3, -0.25) is 29.4 Å². The number of nitrogens with one attached hydrogen (secondary N) is 4. The normalized spacial score (nSPS) is 16.9. The van der Waals surface area contributed by atoms with Crippen LogP contribution in [0.4, 0.5) is 11.5 Å². The van der Waals surface area contributed by atoms with Crippen LogP contribution in [-0.4, -0.2) is 77.8 Å². The van der Waals surface area contributed by atoms with E-state index in [0.29, 0.717) is 19.7 Å². The quantitative estimate of drug-likeness (QED) is 0.123. The molecular weight excluding hydrogens is 608 g/mol. The molecule has 1 unspecified atom stereocenters. The van der Waals surface area contributed by atoms with E-state index in [1.54, 1.807) is 0 Å². The second-order valence-corrected chi connectivity index (χ2v) is 11.2. The molecule has 4 amide bonds. The molecule has 0 saturated carbocycles. The number of unbranched alkanes of at least 4 members (excludes halogenated alkanes) is 3. The minimum absolute atomic E-state index is 0.0197. The first-order valence-electron chi connectivity index (χ1n) is 15.5. The third-order valence-corrected chi connectivity index (χ3v) is 7.96. The van der Waals surface area contributed by atoms with Gasteiger partial charge in [0, 0.05) is 18.3 Å². The van der Waals surface area contributed by atoms with E-state index in [0.717, 1.165) is 52.8 Å². The number of carbonyl (C=O) groups is 5. The zero-order valence-electron chi connectivity index (χ0n) is 25.5. The maximum atomic E-state index is 13.1. The summed E-state index contributed by atoms with van der Waals surface area (Å²) in [6.07, 6.45) is 5.19. The van der Waals surface area contributed by atoms with Crippen molar-refractivity contribution in [2.75, 3.05) is 37.1 Å². The van der Waals surface area contributed by atoms with E-state index < -0.39 is 42.2 Å². The third-order valence-electron chi connectivity index (χ3n) is 7.96. The summed E-state index contributed by atoms with van der Waals surface area (Å²) < 4.78 is 16.7. The summed E-state index contributed by atoms with van der Waals surface area (Å²) in [4.78, 5) is 70.6. The highest BCUT2D eigenvalue weighted by Gasteiger charge is 2.46. The van der Waals surface area contributed by atoms with Crippen molar-refractivity contribution in [3.8, 4) is 11.5 Å². The number of aliphatic imine (C=N–C) groups is 1. The van der Waals surface area contributed by atoms with Gasteiger partial charge in [0.15, 0.2) is 6.61 Å². The van der Waals surface area contributed by atoms with Crippen LogP contribution in [0.1, 0.15) is 64.8 Å². The number of esters is 1. The number of anilines is 2. The van der Waals surface area contributed by atoms with E-state index in [1.807, 2.05) is 36.5 Å². The number of aromatic amines is 1. The zero-order valence-corrected chi connectivity index (χ0v) is 25.5. The van der Waals surface area contributed by atoms with Crippen LogP contribution in [0.25, 0.3) is 0 Å². The van der Waals surface area contributed by atoms with Crippen molar-refractivity contribution in [3.63, 3.8) is 0 Å². The maximum absolute atomic E-state index is 13.1. The van der Waals surface area contributed by atoms with Gasteiger partial charge in [0.2, 0.25) is 11.8 Å². The summed E-state index contributed by atoms with van der Waals surface area (Å²) >= 11 is 0. The van der Waals surface area contributed by atoms with Gasteiger partial charge in [-0.15, -0.1) is 0 Å². The van der Waals surface area contributed by atoms with Crippen LogP contribution in [0, 0.1) is 0 Å². The average Bonchev–Trinajstić information content (AvgIpc) is 3.65. The van der Waals surface area contributed by atoms with Gasteiger partial charge in [-0.2, -0.15) is 0 Å². The van der Waals surface area contributed by atoms with Gasteiger partial charge >= 0.3 is 5.97 Å². The fraction of sp³-hybridized carbons (Fsp3) is 0.333. The van der Waals surface area contributed by atoms with Crippen LogP contribution in [0.5, 0.6) is 11.5 Å². The Morgan fingerprint density at radius 2 is 1.72 bits per heavy atom. The molecule has 14 heteroatoms. The molecule has 4 N–H and O–H groups in total. The van der Waals surface area contributed by atoms with E-state index in [2.05, 4.69) is 25.9 Å². The van der Waals surface area contributed by atoms with Crippen molar-refractivity contribution in [3.05, 3.63) is 71.4 Å². The number of aromatic nitrogens is 1. The topological polar surface area (TPSA) is 181 Å². The number of amides is 4. The number of nitrogens with zero attached hydrogens (tertiary/aromatic N) is 2. The molecule has 4 heterocycles. The van der Waals surface area contributed by atoms with Crippen molar-refractivity contribution >= 4 is 46.9 Å². The Balaban J connectivity index is 0.860. The predicted octanol–water partition coefficient (Wildman–Crippen LogP) is 3.22. The number of hydrogen-bond donors (Lipinski definition) is 4. The summed E-state index contributed by atoms with van der Waals surface area (Å²) in [5.74, 6) is -0.544.